The molecule has 1 aromatic carbocycles. The van der Waals surface area contributed by atoms with Crippen molar-refractivity contribution >= 4 is 22.5 Å². The van der Waals surface area contributed by atoms with Gasteiger partial charge < -0.3 is 10.2 Å². The SMILES string of the molecule is CN(C)CCNCc1ccnc2cc(Cl)ccc12. The molecule has 0 fully saturated rings. The topological polar surface area (TPSA) is 28.2 Å². The molecule has 18 heavy (non-hydrogen) atoms. The first-order valence-corrected chi connectivity index (χ1v) is 6.43. The van der Waals surface area contributed by atoms with E-state index in [-0.39, 0.29) is 0 Å². The number of nitrogens with zero attached hydrogens (tertiary/aromatic N) is 2. The molecule has 4 heteroatoms. The van der Waals surface area contributed by atoms with E-state index in [1.807, 2.05) is 24.4 Å². The van der Waals surface area contributed by atoms with Gasteiger partial charge in [-0.2, -0.15) is 0 Å². The van der Waals surface area contributed by atoms with E-state index in [1.54, 1.807) is 0 Å². The van der Waals surface area contributed by atoms with E-state index in [9.17, 15) is 0 Å². The van der Waals surface area contributed by atoms with Gasteiger partial charge in [0, 0.05) is 36.2 Å². The fourth-order valence-corrected chi connectivity index (χ4v) is 2.03. The Balaban J connectivity index is 2.08. The Bertz CT molecular complexity index is 525. The zero-order valence-electron chi connectivity index (χ0n) is 10.8. The van der Waals surface area contributed by atoms with Crippen LogP contribution in [0, 0.1) is 0 Å². The van der Waals surface area contributed by atoms with Crippen LogP contribution in [0.5, 0.6) is 0 Å². The smallest absolute Gasteiger partial charge is 0.0720 e. The number of pyridine rings is 1. The molecule has 2 rings (SSSR count). The van der Waals surface area contributed by atoms with Gasteiger partial charge in [0.05, 0.1) is 5.52 Å². The number of halogens is 1. The maximum atomic E-state index is 5.97. The highest BCUT2D eigenvalue weighted by atomic mass is 35.5. The van der Waals surface area contributed by atoms with E-state index in [1.165, 1.54) is 10.9 Å². The molecule has 0 radical (unpaired) electrons. The molecule has 0 atom stereocenters. The van der Waals surface area contributed by atoms with Crippen LogP contribution in [0.25, 0.3) is 10.9 Å². The second-order valence-corrected chi connectivity index (χ2v) is 5.05. The van der Waals surface area contributed by atoms with Crippen LogP contribution in [0.3, 0.4) is 0 Å². The van der Waals surface area contributed by atoms with Crippen LogP contribution >= 0.6 is 11.6 Å². The normalized spacial score (nSPS) is 11.3. The maximum Gasteiger partial charge on any atom is 0.0720 e. The fraction of sp³-hybridized carbons (Fsp3) is 0.357. The molecule has 0 saturated carbocycles. The quantitative estimate of drug-likeness (QED) is 0.841. The summed E-state index contributed by atoms with van der Waals surface area (Å²) >= 11 is 5.97. The number of likely N-dealkylation sites (N-methyl/N-ethyl adjacent to an activating group) is 1. The van der Waals surface area contributed by atoms with Gasteiger partial charge in [-0.15, -0.1) is 0 Å². The zero-order chi connectivity index (χ0) is 13.0. The van der Waals surface area contributed by atoms with Crippen LogP contribution in [0.15, 0.2) is 30.5 Å². The molecule has 0 spiro atoms. The van der Waals surface area contributed by atoms with E-state index >= 15 is 0 Å². The highest BCUT2D eigenvalue weighted by Gasteiger charge is 2.02. The van der Waals surface area contributed by atoms with Crippen molar-refractivity contribution in [2.24, 2.45) is 0 Å². The van der Waals surface area contributed by atoms with Crippen molar-refractivity contribution in [3.05, 3.63) is 41.0 Å². The lowest BCUT2D eigenvalue weighted by molar-refractivity contribution is 0.400. The van der Waals surface area contributed by atoms with Gasteiger partial charge in [0.25, 0.3) is 0 Å². The van der Waals surface area contributed by atoms with Gasteiger partial charge >= 0.3 is 0 Å². The Labute approximate surface area is 113 Å². The molecule has 1 aromatic heterocycles. The second kappa shape index (κ2) is 6.14. The molecule has 1 N–H and O–H groups in total. The van der Waals surface area contributed by atoms with Crippen molar-refractivity contribution in [2.45, 2.75) is 6.54 Å². The molecule has 1 heterocycles. The van der Waals surface area contributed by atoms with Gasteiger partial charge in [0.15, 0.2) is 0 Å². The molecule has 3 nitrogen and oxygen atoms in total. The Hall–Kier alpha value is -1.16. The third-order valence-electron chi connectivity index (χ3n) is 2.85. The largest absolute Gasteiger partial charge is 0.311 e. The molecule has 0 amide bonds. The van der Waals surface area contributed by atoms with Crippen molar-refractivity contribution < 1.29 is 0 Å². The molecule has 0 unspecified atom stereocenters. The fourth-order valence-electron chi connectivity index (χ4n) is 1.86. The number of hydrogen-bond acceptors (Lipinski definition) is 3. The summed E-state index contributed by atoms with van der Waals surface area (Å²) in [4.78, 5) is 6.50. The Morgan fingerprint density at radius 2 is 2.11 bits per heavy atom. The molecular formula is C14H18ClN3. The summed E-state index contributed by atoms with van der Waals surface area (Å²) in [7, 11) is 4.15. The lowest BCUT2D eigenvalue weighted by atomic mass is 10.1. The highest BCUT2D eigenvalue weighted by molar-refractivity contribution is 6.31. The van der Waals surface area contributed by atoms with Crippen LogP contribution in [0.4, 0.5) is 0 Å². The van der Waals surface area contributed by atoms with Crippen molar-refractivity contribution in [2.75, 3.05) is 27.2 Å². The average molecular weight is 264 g/mol. The molecular weight excluding hydrogens is 246 g/mol. The Kier molecular flexibility index (Phi) is 4.53. The van der Waals surface area contributed by atoms with Gasteiger partial charge in [-0.1, -0.05) is 17.7 Å². The van der Waals surface area contributed by atoms with Crippen LogP contribution in [0.1, 0.15) is 5.56 Å². The summed E-state index contributed by atoms with van der Waals surface area (Å²) < 4.78 is 0. The van der Waals surface area contributed by atoms with E-state index < -0.39 is 0 Å². The first-order chi connectivity index (χ1) is 8.66. The summed E-state index contributed by atoms with van der Waals surface area (Å²) in [6.45, 7) is 2.87. The predicted molar refractivity (Wildman–Crippen MR) is 77.0 cm³/mol. The lowest BCUT2D eigenvalue weighted by Gasteiger charge is -2.11. The van der Waals surface area contributed by atoms with Crippen LogP contribution in [-0.4, -0.2) is 37.1 Å². The molecule has 0 bridgehead atoms. The van der Waals surface area contributed by atoms with Crippen LogP contribution in [-0.2, 0) is 6.54 Å². The summed E-state index contributed by atoms with van der Waals surface area (Å²) in [5, 5.41) is 5.33. The Morgan fingerprint density at radius 1 is 1.28 bits per heavy atom. The Morgan fingerprint density at radius 3 is 2.89 bits per heavy atom. The first kappa shape index (κ1) is 13.3. The number of benzene rings is 1. The van der Waals surface area contributed by atoms with Gasteiger partial charge in [0.1, 0.15) is 0 Å². The molecule has 96 valence electrons. The first-order valence-electron chi connectivity index (χ1n) is 6.05. The van der Waals surface area contributed by atoms with Crippen molar-refractivity contribution in [3.63, 3.8) is 0 Å². The zero-order valence-corrected chi connectivity index (χ0v) is 11.5. The van der Waals surface area contributed by atoms with E-state index in [4.69, 9.17) is 11.6 Å². The van der Waals surface area contributed by atoms with E-state index in [2.05, 4.69) is 35.4 Å². The van der Waals surface area contributed by atoms with E-state index in [0.29, 0.717) is 0 Å². The maximum absolute atomic E-state index is 5.97. The second-order valence-electron chi connectivity index (χ2n) is 4.61. The van der Waals surface area contributed by atoms with Crippen LogP contribution < -0.4 is 5.32 Å². The van der Waals surface area contributed by atoms with Crippen molar-refractivity contribution in [1.29, 1.82) is 0 Å². The van der Waals surface area contributed by atoms with Gasteiger partial charge in [0.2, 0.25) is 0 Å². The predicted octanol–water partition coefficient (Wildman–Crippen LogP) is 2.54. The van der Waals surface area contributed by atoms with Crippen molar-refractivity contribution in [1.82, 2.24) is 15.2 Å². The summed E-state index contributed by atoms with van der Waals surface area (Å²) in [5.41, 5.74) is 2.21. The van der Waals surface area contributed by atoms with Crippen LogP contribution in [0.2, 0.25) is 5.02 Å². The van der Waals surface area contributed by atoms with Gasteiger partial charge in [-0.25, -0.2) is 0 Å². The number of rotatable bonds is 5. The van der Waals surface area contributed by atoms with Crippen molar-refractivity contribution in [3.8, 4) is 0 Å². The number of aromatic nitrogens is 1. The average Bonchev–Trinajstić information content (AvgIpc) is 2.34. The minimum Gasteiger partial charge on any atom is -0.311 e. The minimum atomic E-state index is 0.729. The standard InChI is InChI=1S/C14H18ClN3/c1-18(2)8-7-16-10-11-5-6-17-14-9-12(15)3-4-13(11)14/h3-6,9,16H,7-8,10H2,1-2H3. The molecule has 0 saturated heterocycles. The third kappa shape index (κ3) is 3.42. The molecule has 2 aromatic rings. The minimum absolute atomic E-state index is 0.729. The summed E-state index contributed by atoms with van der Waals surface area (Å²) in [5.74, 6) is 0. The number of hydrogen-bond donors (Lipinski definition) is 1. The monoisotopic (exact) mass is 263 g/mol. The molecule has 0 aliphatic heterocycles. The van der Waals surface area contributed by atoms with E-state index in [0.717, 1.165) is 30.2 Å². The van der Waals surface area contributed by atoms with Gasteiger partial charge in [-0.3, -0.25) is 4.98 Å². The molecule has 0 aliphatic carbocycles. The van der Waals surface area contributed by atoms with Gasteiger partial charge in [-0.05, 0) is 37.9 Å². The molecule has 0 aliphatic rings. The summed E-state index contributed by atoms with van der Waals surface area (Å²) in [6, 6.07) is 7.90. The lowest BCUT2D eigenvalue weighted by Crippen LogP contribution is -2.26. The summed E-state index contributed by atoms with van der Waals surface area (Å²) in [6.07, 6.45) is 1.83. The third-order valence-corrected chi connectivity index (χ3v) is 3.08. The number of nitrogens with one attached hydrogen (secondary N) is 1. The highest BCUT2D eigenvalue weighted by Crippen LogP contribution is 2.20. The number of fused-ring (bicyclic) bond motifs is 1.